The van der Waals surface area contributed by atoms with E-state index in [0.29, 0.717) is 30.0 Å². The van der Waals surface area contributed by atoms with Gasteiger partial charge >= 0.3 is 0 Å². The second kappa shape index (κ2) is 10.8. The Morgan fingerprint density at radius 3 is 2.91 bits per heavy atom. The normalized spacial score (nSPS) is 18.2. The van der Waals surface area contributed by atoms with Gasteiger partial charge in [0.25, 0.3) is 0 Å². The summed E-state index contributed by atoms with van der Waals surface area (Å²) in [5.41, 5.74) is 2.89. The summed E-state index contributed by atoms with van der Waals surface area (Å²) in [5.74, 6) is 7.03. The number of aromatic nitrogens is 1. The van der Waals surface area contributed by atoms with Gasteiger partial charge < -0.3 is 15.3 Å². The second-order valence-electron chi connectivity index (χ2n) is 8.15. The molecular formula is C25H28ClN3OS2. The maximum absolute atomic E-state index is 9.14. The number of pyridine rings is 1. The van der Waals surface area contributed by atoms with Crippen molar-refractivity contribution in [2.45, 2.75) is 44.2 Å². The highest BCUT2D eigenvalue weighted by Crippen LogP contribution is 2.44. The number of likely N-dealkylation sites (N-methyl/N-ethyl adjacent to an activating group) is 1. The third kappa shape index (κ3) is 5.19. The monoisotopic (exact) mass is 485 g/mol. The minimum absolute atomic E-state index is 0.156. The SMILES string of the molecule is CN(C)[C@H]1CC=CC[C@@H]1c1sc2c(NCc3cccs3)cc(Cl)nc2c1C#CCCCO. The summed E-state index contributed by atoms with van der Waals surface area (Å²) in [4.78, 5) is 9.60. The van der Waals surface area contributed by atoms with E-state index < -0.39 is 0 Å². The predicted octanol–water partition coefficient (Wildman–Crippen LogP) is 6.11. The first-order valence-corrected chi connectivity index (χ1v) is 13.0. The molecule has 0 saturated heterocycles. The molecule has 0 fully saturated rings. The molecule has 0 unspecified atom stereocenters. The number of thiophene rings is 2. The number of fused-ring (bicyclic) bond motifs is 1. The predicted molar refractivity (Wildman–Crippen MR) is 138 cm³/mol. The lowest BCUT2D eigenvalue weighted by Gasteiger charge is -2.33. The van der Waals surface area contributed by atoms with E-state index in [1.807, 2.05) is 6.07 Å². The van der Waals surface area contributed by atoms with Gasteiger partial charge in [-0.15, -0.1) is 22.7 Å². The van der Waals surface area contributed by atoms with Gasteiger partial charge in [-0.05, 0) is 44.8 Å². The van der Waals surface area contributed by atoms with Crippen molar-refractivity contribution >= 4 is 50.2 Å². The van der Waals surface area contributed by atoms with Crippen LogP contribution in [0.25, 0.3) is 10.2 Å². The number of halogens is 1. The van der Waals surface area contributed by atoms with Gasteiger partial charge in [0.2, 0.25) is 0 Å². The van der Waals surface area contributed by atoms with E-state index in [2.05, 4.69) is 65.8 Å². The molecule has 2 atom stereocenters. The van der Waals surface area contributed by atoms with Crippen molar-refractivity contribution in [2.24, 2.45) is 0 Å². The van der Waals surface area contributed by atoms with Crippen LogP contribution < -0.4 is 5.32 Å². The van der Waals surface area contributed by atoms with E-state index in [9.17, 15) is 0 Å². The Balaban J connectivity index is 1.80. The third-order valence-corrected chi connectivity index (χ3v) is 8.16. The van der Waals surface area contributed by atoms with Crippen LogP contribution in [0.4, 0.5) is 5.69 Å². The third-order valence-electron chi connectivity index (χ3n) is 5.74. The minimum atomic E-state index is 0.156. The smallest absolute Gasteiger partial charge is 0.131 e. The average molecular weight is 486 g/mol. The van der Waals surface area contributed by atoms with Crippen molar-refractivity contribution in [3.8, 4) is 11.8 Å². The average Bonchev–Trinajstić information content (AvgIpc) is 3.43. The van der Waals surface area contributed by atoms with Crippen LogP contribution in [0.1, 0.15) is 46.9 Å². The number of aliphatic hydroxyl groups is 1. The molecule has 0 aliphatic heterocycles. The number of anilines is 1. The van der Waals surface area contributed by atoms with Gasteiger partial charge in [0.15, 0.2) is 0 Å². The summed E-state index contributed by atoms with van der Waals surface area (Å²) in [5, 5.41) is 15.3. The fourth-order valence-corrected chi connectivity index (χ4v) is 6.33. The molecule has 0 amide bonds. The van der Waals surface area contributed by atoms with E-state index in [4.69, 9.17) is 21.7 Å². The fourth-order valence-electron chi connectivity index (χ4n) is 4.13. The van der Waals surface area contributed by atoms with Crippen LogP contribution in [0.2, 0.25) is 5.15 Å². The maximum Gasteiger partial charge on any atom is 0.131 e. The molecule has 7 heteroatoms. The molecule has 4 nitrogen and oxygen atoms in total. The second-order valence-corrected chi connectivity index (χ2v) is 10.6. The van der Waals surface area contributed by atoms with Crippen LogP contribution in [0.15, 0.2) is 35.7 Å². The number of nitrogens with zero attached hydrogens (tertiary/aromatic N) is 2. The minimum Gasteiger partial charge on any atom is -0.396 e. The largest absolute Gasteiger partial charge is 0.396 e. The van der Waals surface area contributed by atoms with Gasteiger partial charge in [0, 0.05) is 47.4 Å². The Bertz CT molecular complexity index is 1140. The summed E-state index contributed by atoms with van der Waals surface area (Å²) in [6.07, 6.45) is 7.93. The van der Waals surface area contributed by atoms with Crippen LogP contribution in [0.5, 0.6) is 0 Å². The number of aliphatic hydroxyl groups excluding tert-OH is 1. The fraction of sp³-hybridized carbons (Fsp3) is 0.400. The molecule has 1 aliphatic rings. The quantitative estimate of drug-likeness (QED) is 0.183. The first-order chi connectivity index (χ1) is 15.6. The van der Waals surface area contributed by atoms with Gasteiger partial charge in [-0.25, -0.2) is 4.98 Å². The van der Waals surface area contributed by atoms with Gasteiger partial charge in [-0.2, -0.15) is 0 Å². The number of allylic oxidation sites excluding steroid dienone is 1. The van der Waals surface area contributed by atoms with E-state index in [-0.39, 0.29) is 6.61 Å². The van der Waals surface area contributed by atoms with Crippen molar-refractivity contribution in [1.29, 1.82) is 0 Å². The molecule has 3 aromatic rings. The summed E-state index contributed by atoms with van der Waals surface area (Å²) < 4.78 is 1.11. The van der Waals surface area contributed by atoms with Gasteiger partial charge in [-0.3, -0.25) is 0 Å². The highest BCUT2D eigenvalue weighted by molar-refractivity contribution is 7.20. The van der Waals surface area contributed by atoms with Crippen molar-refractivity contribution < 1.29 is 5.11 Å². The molecule has 2 N–H and O–H groups in total. The van der Waals surface area contributed by atoms with Crippen molar-refractivity contribution in [1.82, 2.24) is 9.88 Å². The van der Waals surface area contributed by atoms with E-state index >= 15 is 0 Å². The Kier molecular flexibility index (Phi) is 7.88. The summed E-state index contributed by atoms with van der Waals surface area (Å²) >= 11 is 10.0. The molecular weight excluding hydrogens is 458 g/mol. The lowest BCUT2D eigenvalue weighted by atomic mass is 9.85. The molecule has 0 saturated carbocycles. The van der Waals surface area contributed by atoms with Crippen LogP contribution in [-0.4, -0.2) is 41.7 Å². The molecule has 0 radical (unpaired) electrons. The topological polar surface area (TPSA) is 48.4 Å². The lowest BCUT2D eigenvalue weighted by molar-refractivity contribution is 0.249. The standard InChI is InChI=1S/C25H28ClN3OS2/c1-29(2)21-12-6-5-10-18(21)24-19(11-4-3-7-13-30)23-25(32-24)20(15-22(26)28-23)27-16-17-9-8-14-31-17/h5-6,8-9,14-15,18,21,30H,3,7,10,12-13,16H2,1-2H3,(H,27,28)/t18-,21-/m0/s1. The molecule has 0 aromatic carbocycles. The summed E-state index contributed by atoms with van der Waals surface area (Å²) in [7, 11) is 4.31. The molecule has 0 bridgehead atoms. The van der Waals surface area contributed by atoms with Crippen molar-refractivity contribution in [2.75, 3.05) is 26.0 Å². The molecule has 4 rings (SSSR count). The van der Waals surface area contributed by atoms with E-state index in [0.717, 1.165) is 40.9 Å². The zero-order valence-electron chi connectivity index (χ0n) is 18.4. The number of hydrogen-bond acceptors (Lipinski definition) is 6. The number of unbranched alkanes of at least 4 members (excludes halogenated alkanes) is 1. The molecule has 1 aliphatic carbocycles. The number of nitrogens with one attached hydrogen (secondary N) is 1. The highest BCUT2D eigenvalue weighted by atomic mass is 35.5. The summed E-state index contributed by atoms with van der Waals surface area (Å²) in [6, 6.07) is 6.54. The highest BCUT2D eigenvalue weighted by Gasteiger charge is 2.30. The Hall–Kier alpha value is -1.88. The summed E-state index contributed by atoms with van der Waals surface area (Å²) in [6.45, 7) is 0.910. The molecule has 32 heavy (non-hydrogen) atoms. The zero-order chi connectivity index (χ0) is 22.5. The van der Waals surface area contributed by atoms with E-state index in [1.165, 1.54) is 9.75 Å². The van der Waals surface area contributed by atoms with Crippen LogP contribution in [0.3, 0.4) is 0 Å². The van der Waals surface area contributed by atoms with Crippen molar-refractivity contribution in [3.05, 3.63) is 56.2 Å². The Morgan fingerprint density at radius 2 is 2.16 bits per heavy atom. The van der Waals surface area contributed by atoms with Gasteiger partial charge in [-0.1, -0.05) is 41.7 Å². The first kappa shape index (κ1) is 23.3. The number of rotatable bonds is 7. The molecule has 3 heterocycles. The Labute approximate surface area is 202 Å². The first-order valence-electron chi connectivity index (χ1n) is 10.9. The molecule has 3 aromatic heterocycles. The maximum atomic E-state index is 9.14. The molecule has 168 valence electrons. The van der Waals surface area contributed by atoms with Crippen molar-refractivity contribution in [3.63, 3.8) is 0 Å². The van der Waals surface area contributed by atoms with Crippen LogP contribution >= 0.6 is 34.3 Å². The number of hydrogen-bond donors (Lipinski definition) is 2. The van der Waals surface area contributed by atoms with Crippen LogP contribution in [-0.2, 0) is 6.54 Å². The molecule has 0 spiro atoms. The zero-order valence-corrected chi connectivity index (χ0v) is 20.8. The van der Waals surface area contributed by atoms with E-state index in [1.54, 1.807) is 22.7 Å². The van der Waals surface area contributed by atoms with Crippen LogP contribution in [0, 0.1) is 11.8 Å². The van der Waals surface area contributed by atoms with Gasteiger partial charge in [0.05, 0.1) is 16.0 Å². The lowest BCUT2D eigenvalue weighted by Crippen LogP contribution is -2.34. The van der Waals surface area contributed by atoms with Gasteiger partial charge in [0.1, 0.15) is 10.7 Å². The Morgan fingerprint density at radius 1 is 1.31 bits per heavy atom.